The predicted molar refractivity (Wildman–Crippen MR) is 90.3 cm³/mol. The van der Waals surface area contributed by atoms with Crippen LogP contribution in [0.1, 0.15) is 29.0 Å². The van der Waals surface area contributed by atoms with Crippen LogP contribution in [0.15, 0.2) is 28.1 Å². The van der Waals surface area contributed by atoms with Crippen molar-refractivity contribution in [2.24, 2.45) is 0 Å². The lowest BCUT2D eigenvalue weighted by molar-refractivity contribution is 0.403. The van der Waals surface area contributed by atoms with E-state index < -0.39 is 0 Å². The monoisotopic (exact) mass is 373 g/mol. The van der Waals surface area contributed by atoms with Crippen LogP contribution in [0.25, 0.3) is 0 Å². The molecule has 108 valence electrons. The molecule has 0 spiro atoms. The molecule has 1 aromatic heterocycles. The van der Waals surface area contributed by atoms with Gasteiger partial charge in [-0.3, -0.25) is 0 Å². The SMILES string of the molecule is CCc1ccsc1C(NC)c1cc(Cl)cc(Br)c1OC. The quantitative estimate of drug-likeness (QED) is 0.791. The summed E-state index contributed by atoms with van der Waals surface area (Å²) in [6.45, 7) is 2.17. The van der Waals surface area contributed by atoms with Gasteiger partial charge in [-0.1, -0.05) is 18.5 Å². The summed E-state index contributed by atoms with van der Waals surface area (Å²) in [4.78, 5) is 1.31. The van der Waals surface area contributed by atoms with Gasteiger partial charge in [-0.05, 0) is 58.5 Å². The van der Waals surface area contributed by atoms with E-state index in [0.717, 1.165) is 22.2 Å². The first-order chi connectivity index (χ1) is 9.62. The van der Waals surface area contributed by atoms with Crippen LogP contribution in [0.4, 0.5) is 0 Å². The summed E-state index contributed by atoms with van der Waals surface area (Å²) in [5, 5.41) is 6.20. The van der Waals surface area contributed by atoms with Gasteiger partial charge >= 0.3 is 0 Å². The van der Waals surface area contributed by atoms with E-state index in [-0.39, 0.29) is 6.04 Å². The minimum Gasteiger partial charge on any atom is -0.495 e. The van der Waals surface area contributed by atoms with E-state index >= 15 is 0 Å². The molecule has 0 aliphatic heterocycles. The molecule has 5 heteroatoms. The third kappa shape index (κ3) is 3.03. The Kier molecular flexibility index (Phi) is 5.49. The fraction of sp³-hybridized carbons (Fsp3) is 0.333. The second-order valence-corrected chi connectivity index (χ2v) is 6.63. The van der Waals surface area contributed by atoms with Crippen molar-refractivity contribution in [2.45, 2.75) is 19.4 Å². The molecule has 20 heavy (non-hydrogen) atoms. The molecular weight excluding hydrogens is 358 g/mol. The first-order valence-electron chi connectivity index (χ1n) is 6.38. The number of thiophene rings is 1. The van der Waals surface area contributed by atoms with Crippen molar-refractivity contribution >= 4 is 38.9 Å². The largest absolute Gasteiger partial charge is 0.495 e. The van der Waals surface area contributed by atoms with E-state index in [4.69, 9.17) is 16.3 Å². The average molecular weight is 375 g/mol. The van der Waals surface area contributed by atoms with Crippen molar-refractivity contribution in [3.05, 3.63) is 49.1 Å². The zero-order valence-electron chi connectivity index (χ0n) is 11.7. The number of hydrogen-bond acceptors (Lipinski definition) is 3. The molecule has 0 saturated carbocycles. The molecule has 2 rings (SSSR count). The van der Waals surface area contributed by atoms with Crippen molar-refractivity contribution in [1.82, 2.24) is 5.32 Å². The van der Waals surface area contributed by atoms with Crippen LogP contribution in [0.2, 0.25) is 5.02 Å². The maximum Gasteiger partial charge on any atom is 0.138 e. The van der Waals surface area contributed by atoms with Gasteiger partial charge in [0, 0.05) is 15.5 Å². The number of aryl methyl sites for hydroxylation is 1. The number of benzene rings is 1. The maximum absolute atomic E-state index is 6.21. The fourth-order valence-electron chi connectivity index (χ4n) is 2.33. The van der Waals surface area contributed by atoms with Gasteiger partial charge < -0.3 is 10.1 Å². The van der Waals surface area contributed by atoms with E-state index in [0.29, 0.717) is 5.02 Å². The molecule has 1 atom stereocenters. The number of ether oxygens (including phenoxy) is 1. The predicted octanol–water partition coefficient (Wildman–Crippen LogP) is 5.04. The van der Waals surface area contributed by atoms with Crippen LogP contribution in [0, 0.1) is 0 Å². The molecular formula is C15H17BrClNOS. The molecule has 0 fully saturated rings. The van der Waals surface area contributed by atoms with Crippen molar-refractivity contribution in [3.63, 3.8) is 0 Å². The van der Waals surface area contributed by atoms with Gasteiger partial charge in [-0.2, -0.15) is 0 Å². The van der Waals surface area contributed by atoms with Gasteiger partial charge in [0.2, 0.25) is 0 Å². The molecule has 0 aliphatic rings. The molecule has 0 radical (unpaired) electrons. The normalized spacial score (nSPS) is 12.4. The number of nitrogens with one attached hydrogen (secondary N) is 1. The minimum absolute atomic E-state index is 0.0786. The van der Waals surface area contributed by atoms with Gasteiger partial charge in [0.1, 0.15) is 5.75 Å². The van der Waals surface area contributed by atoms with Gasteiger partial charge in [0.05, 0.1) is 17.6 Å². The van der Waals surface area contributed by atoms with Crippen LogP contribution < -0.4 is 10.1 Å². The van der Waals surface area contributed by atoms with Crippen molar-refractivity contribution in [3.8, 4) is 5.75 Å². The molecule has 2 nitrogen and oxygen atoms in total. The van der Waals surface area contributed by atoms with E-state index in [2.05, 4.69) is 39.6 Å². The average Bonchev–Trinajstić information content (AvgIpc) is 2.87. The lowest BCUT2D eigenvalue weighted by Crippen LogP contribution is -2.18. The first kappa shape index (κ1) is 15.8. The Hall–Kier alpha value is -0.550. The standard InChI is InChI=1S/C15H17BrClNOS/c1-4-9-5-6-20-15(9)13(18-2)11-7-10(17)8-12(16)14(11)19-3/h5-8,13,18H,4H2,1-3H3. The molecule has 2 aromatic rings. The van der Waals surface area contributed by atoms with Gasteiger partial charge in [-0.15, -0.1) is 11.3 Å². The van der Waals surface area contributed by atoms with Gasteiger partial charge in [-0.25, -0.2) is 0 Å². The molecule has 1 N–H and O–H groups in total. The molecule has 0 bridgehead atoms. The summed E-state index contributed by atoms with van der Waals surface area (Å²) in [6.07, 6.45) is 1.01. The molecule has 1 unspecified atom stereocenters. The Morgan fingerprint density at radius 3 is 2.80 bits per heavy atom. The highest BCUT2D eigenvalue weighted by molar-refractivity contribution is 9.10. The molecule has 1 aromatic carbocycles. The Morgan fingerprint density at radius 2 is 2.20 bits per heavy atom. The topological polar surface area (TPSA) is 21.3 Å². The second-order valence-electron chi connectivity index (χ2n) is 4.40. The summed E-state index contributed by atoms with van der Waals surface area (Å²) >= 11 is 11.5. The maximum atomic E-state index is 6.21. The van der Waals surface area contributed by atoms with E-state index in [1.807, 2.05) is 19.2 Å². The molecule has 1 heterocycles. The summed E-state index contributed by atoms with van der Waals surface area (Å²) in [7, 11) is 3.64. The molecule has 0 aliphatic carbocycles. The van der Waals surface area contributed by atoms with E-state index in [1.54, 1.807) is 18.4 Å². The number of methoxy groups -OCH3 is 1. The number of rotatable bonds is 5. The Labute approximate surface area is 137 Å². The van der Waals surface area contributed by atoms with E-state index in [1.165, 1.54) is 10.4 Å². The molecule has 0 amide bonds. The fourth-order valence-corrected chi connectivity index (χ4v) is 4.45. The lowest BCUT2D eigenvalue weighted by atomic mass is 10.0. The number of halogens is 2. The summed E-state index contributed by atoms with van der Waals surface area (Å²) in [5.74, 6) is 0.823. The van der Waals surface area contributed by atoms with E-state index in [9.17, 15) is 0 Å². The van der Waals surface area contributed by atoms with Crippen molar-refractivity contribution in [2.75, 3.05) is 14.2 Å². The van der Waals surface area contributed by atoms with Crippen LogP contribution in [-0.4, -0.2) is 14.2 Å². The third-order valence-electron chi connectivity index (χ3n) is 3.26. The highest BCUT2D eigenvalue weighted by atomic mass is 79.9. The second kappa shape index (κ2) is 6.94. The number of hydrogen-bond donors (Lipinski definition) is 1. The highest BCUT2D eigenvalue weighted by Crippen LogP contribution is 2.40. The first-order valence-corrected chi connectivity index (χ1v) is 8.43. The summed E-state index contributed by atoms with van der Waals surface area (Å²) in [5.41, 5.74) is 2.40. The summed E-state index contributed by atoms with van der Waals surface area (Å²) in [6, 6.07) is 6.07. The van der Waals surface area contributed by atoms with Crippen LogP contribution >= 0.6 is 38.9 Å². The summed E-state index contributed by atoms with van der Waals surface area (Å²) < 4.78 is 6.42. The Balaban J connectivity index is 2.57. The van der Waals surface area contributed by atoms with Crippen molar-refractivity contribution in [1.29, 1.82) is 0 Å². The molecule has 0 saturated heterocycles. The van der Waals surface area contributed by atoms with Crippen molar-refractivity contribution < 1.29 is 4.74 Å². The van der Waals surface area contributed by atoms with Crippen LogP contribution in [0.3, 0.4) is 0 Å². The van der Waals surface area contributed by atoms with Crippen LogP contribution in [-0.2, 0) is 6.42 Å². The van der Waals surface area contributed by atoms with Gasteiger partial charge in [0.15, 0.2) is 0 Å². The third-order valence-corrected chi connectivity index (χ3v) is 5.10. The smallest absolute Gasteiger partial charge is 0.138 e. The van der Waals surface area contributed by atoms with Gasteiger partial charge in [0.25, 0.3) is 0 Å². The zero-order chi connectivity index (χ0) is 14.7. The van der Waals surface area contributed by atoms with Crippen LogP contribution in [0.5, 0.6) is 5.75 Å². The zero-order valence-corrected chi connectivity index (χ0v) is 14.8. The minimum atomic E-state index is 0.0786. The Morgan fingerprint density at radius 1 is 1.45 bits per heavy atom. The highest BCUT2D eigenvalue weighted by Gasteiger charge is 2.22. The Bertz CT molecular complexity index is 600. The lowest BCUT2D eigenvalue weighted by Gasteiger charge is -2.21.